The van der Waals surface area contributed by atoms with Gasteiger partial charge < -0.3 is 20.1 Å². The Morgan fingerprint density at radius 3 is 2.65 bits per heavy atom. The van der Waals surface area contributed by atoms with Crippen LogP contribution >= 0.6 is 15.9 Å². The predicted octanol–water partition coefficient (Wildman–Crippen LogP) is 2.64. The molecule has 0 aliphatic rings. The fourth-order valence-electron chi connectivity index (χ4n) is 1.51. The molecule has 0 spiro atoms. The SMILES string of the molecule is COc1ccc(NC(=O)N(C)CC(C)C(=O)O)c(Br)c1. The molecular formula is C13H17BrN2O4. The van der Waals surface area contributed by atoms with E-state index in [9.17, 15) is 9.59 Å². The van der Waals surface area contributed by atoms with Gasteiger partial charge in [0.25, 0.3) is 0 Å². The zero-order chi connectivity index (χ0) is 15.3. The molecule has 0 aliphatic heterocycles. The number of carboxylic acids is 1. The van der Waals surface area contributed by atoms with E-state index < -0.39 is 11.9 Å². The summed E-state index contributed by atoms with van der Waals surface area (Å²) >= 11 is 3.33. The Morgan fingerprint density at radius 2 is 2.15 bits per heavy atom. The number of hydrogen-bond donors (Lipinski definition) is 2. The van der Waals surface area contributed by atoms with Gasteiger partial charge in [-0.15, -0.1) is 0 Å². The smallest absolute Gasteiger partial charge is 0.321 e. The number of amides is 2. The molecule has 110 valence electrons. The maximum atomic E-state index is 11.9. The molecule has 0 fully saturated rings. The van der Waals surface area contributed by atoms with Gasteiger partial charge in [-0.3, -0.25) is 4.79 Å². The Bertz CT molecular complexity index is 507. The summed E-state index contributed by atoms with van der Waals surface area (Å²) in [7, 11) is 3.10. The molecule has 1 aromatic rings. The lowest BCUT2D eigenvalue weighted by atomic mass is 10.2. The number of rotatable bonds is 5. The Morgan fingerprint density at radius 1 is 1.50 bits per heavy atom. The minimum absolute atomic E-state index is 0.134. The maximum Gasteiger partial charge on any atom is 0.321 e. The van der Waals surface area contributed by atoms with Crippen LogP contribution in [-0.2, 0) is 4.79 Å². The van der Waals surface area contributed by atoms with Gasteiger partial charge in [0, 0.05) is 18.1 Å². The molecule has 7 heteroatoms. The van der Waals surface area contributed by atoms with E-state index in [1.165, 1.54) is 4.90 Å². The highest BCUT2D eigenvalue weighted by atomic mass is 79.9. The molecule has 20 heavy (non-hydrogen) atoms. The fraction of sp³-hybridized carbons (Fsp3) is 0.385. The lowest BCUT2D eigenvalue weighted by molar-refractivity contribution is -0.141. The number of halogens is 1. The monoisotopic (exact) mass is 344 g/mol. The number of carboxylic acid groups (broad SMARTS) is 1. The molecule has 0 aromatic heterocycles. The summed E-state index contributed by atoms with van der Waals surface area (Å²) in [6.07, 6.45) is 0. The average Bonchev–Trinajstić information content (AvgIpc) is 2.40. The van der Waals surface area contributed by atoms with Gasteiger partial charge in [0.1, 0.15) is 5.75 Å². The third-order valence-electron chi connectivity index (χ3n) is 2.73. The van der Waals surface area contributed by atoms with Crippen molar-refractivity contribution in [1.82, 2.24) is 4.90 Å². The van der Waals surface area contributed by atoms with Crippen LogP contribution in [-0.4, -0.2) is 42.7 Å². The van der Waals surface area contributed by atoms with Crippen LogP contribution in [0.4, 0.5) is 10.5 Å². The Hall–Kier alpha value is -1.76. The highest BCUT2D eigenvalue weighted by Crippen LogP contribution is 2.27. The molecule has 1 rings (SSSR count). The molecule has 0 heterocycles. The Labute approximate surface area is 125 Å². The second kappa shape index (κ2) is 7.14. The molecule has 0 saturated carbocycles. The standard InChI is InChI=1S/C13H17BrN2O4/c1-8(12(17)18)7-16(2)13(19)15-11-5-4-9(20-3)6-10(11)14/h4-6,8H,7H2,1-3H3,(H,15,19)(H,17,18). The van der Waals surface area contributed by atoms with E-state index in [0.717, 1.165) is 0 Å². The first-order valence-electron chi connectivity index (χ1n) is 5.93. The molecular weight excluding hydrogens is 328 g/mol. The first-order chi connectivity index (χ1) is 9.35. The van der Waals surface area contributed by atoms with Crippen molar-refractivity contribution in [3.05, 3.63) is 22.7 Å². The lowest BCUT2D eigenvalue weighted by Crippen LogP contribution is -2.36. The summed E-state index contributed by atoms with van der Waals surface area (Å²) in [6.45, 7) is 1.68. The third-order valence-corrected chi connectivity index (χ3v) is 3.39. The van der Waals surface area contributed by atoms with E-state index >= 15 is 0 Å². The first-order valence-corrected chi connectivity index (χ1v) is 6.73. The number of ether oxygens (including phenoxy) is 1. The van der Waals surface area contributed by atoms with Crippen molar-refractivity contribution >= 4 is 33.6 Å². The number of urea groups is 1. The van der Waals surface area contributed by atoms with Crippen molar-refractivity contribution in [2.75, 3.05) is 26.0 Å². The molecule has 0 radical (unpaired) electrons. The van der Waals surface area contributed by atoms with E-state index in [1.807, 2.05) is 0 Å². The molecule has 6 nitrogen and oxygen atoms in total. The molecule has 1 unspecified atom stereocenters. The number of methoxy groups -OCH3 is 1. The highest BCUT2D eigenvalue weighted by Gasteiger charge is 2.18. The molecule has 0 saturated heterocycles. The van der Waals surface area contributed by atoms with Gasteiger partial charge in [0.2, 0.25) is 0 Å². The van der Waals surface area contributed by atoms with Crippen LogP contribution < -0.4 is 10.1 Å². The van der Waals surface area contributed by atoms with Crippen LogP contribution in [0.2, 0.25) is 0 Å². The number of aliphatic carboxylic acids is 1. The van der Waals surface area contributed by atoms with E-state index in [-0.39, 0.29) is 12.6 Å². The number of benzene rings is 1. The van der Waals surface area contributed by atoms with E-state index in [1.54, 1.807) is 39.3 Å². The van der Waals surface area contributed by atoms with Crippen molar-refractivity contribution in [2.24, 2.45) is 5.92 Å². The number of hydrogen-bond acceptors (Lipinski definition) is 3. The fourth-order valence-corrected chi connectivity index (χ4v) is 1.96. The highest BCUT2D eigenvalue weighted by molar-refractivity contribution is 9.10. The topological polar surface area (TPSA) is 78.9 Å². The first kappa shape index (κ1) is 16.3. The van der Waals surface area contributed by atoms with Gasteiger partial charge in [-0.1, -0.05) is 6.92 Å². The van der Waals surface area contributed by atoms with E-state index in [4.69, 9.17) is 9.84 Å². The molecule has 1 aromatic carbocycles. The number of anilines is 1. The summed E-state index contributed by atoms with van der Waals surface area (Å²) in [4.78, 5) is 24.0. The van der Waals surface area contributed by atoms with Gasteiger partial charge in [-0.05, 0) is 34.1 Å². The van der Waals surface area contributed by atoms with Crippen molar-refractivity contribution in [3.63, 3.8) is 0 Å². The van der Waals surface area contributed by atoms with Crippen LogP contribution in [0.5, 0.6) is 5.75 Å². The van der Waals surface area contributed by atoms with Crippen LogP contribution in [0.15, 0.2) is 22.7 Å². The summed E-state index contributed by atoms with van der Waals surface area (Å²) in [5.41, 5.74) is 0.589. The average molecular weight is 345 g/mol. The van der Waals surface area contributed by atoms with Gasteiger partial charge in [0.15, 0.2) is 0 Å². The summed E-state index contributed by atoms with van der Waals surface area (Å²) in [5.74, 6) is -0.886. The summed E-state index contributed by atoms with van der Waals surface area (Å²) in [5, 5.41) is 11.5. The largest absolute Gasteiger partial charge is 0.497 e. The van der Waals surface area contributed by atoms with Gasteiger partial charge in [-0.2, -0.15) is 0 Å². The third kappa shape index (κ3) is 4.41. The minimum Gasteiger partial charge on any atom is -0.497 e. The van der Waals surface area contributed by atoms with Gasteiger partial charge in [-0.25, -0.2) is 4.79 Å². The normalized spacial score (nSPS) is 11.6. The Balaban J connectivity index is 2.68. The van der Waals surface area contributed by atoms with Gasteiger partial charge >= 0.3 is 12.0 Å². The van der Waals surface area contributed by atoms with Crippen LogP contribution in [0.1, 0.15) is 6.92 Å². The van der Waals surface area contributed by atoms with Crippen molar-refractivity contribution in [1.29, 1.82) is 0 Å². The molecule has 2 N–H and O–H groups in total. The zero-order valence-corrected chi connectivity index (χ0v) is 13.1. The van der Waals surface area contributed by atoms with E-state index in [0.29, 0.717) is 15.9 Å². The zero-order valence-electron chi connectivity index (χ0n) is 11.5. The lowest BCUT2D eigenvalue weighted by Gasteiger charge is -2.20. The second-order valence-electron chi connectivity index (χ2n) is 4.40. The maximum absolute atomic E-state index is 11.9. The minimum atomic E-state index is -0.935. The van der Waals surface area contributed by atoms with Crippen LogP contribution in [0.3, 0.4) is 0 Å². The number of carbonyl (C=O) groups excluding carboxylic acids is 1. The Kier molecular flexibility index (Phi) is 5.82. The quantitative estimate of drug-likeness (QED) is 0.860. The van der Waals surface area contributed by atoms with E-state index in [2.05, 4.69) is 21.2 Å². The molecule has 0 aliphatic carbocycles. The van der Waals surface area contributed by atoms with Crippen LogP contribution in [0.25, 0.3) is 0 Å². The summed E-state index contributed by atoms with van der Waals surface area (Å²) < 4.78 is 5.75. The van der Waals surface area contributed by atoms with Crippen molar-refractivity contribution < 1.29 is 19.4 Å². The number of nitrogens with zero attached hydrogens (tertiary/aromatic N) is 1. The number of carbonyl (C=O) groups is 2. The summed E-state index contributed by atoms with van der Waals surface area (Å²) in [6, 6.07) is 4.79. The molecule has 2 amide bonds. The molecule has 1 atom stereocenters. The molecule has 0 bridgehead atoms. The number of nitrogens with one attached hydrogen (secondary N) is 1. The van der Waals surface area contributed by atoms with Crippen LogP contribution in [0, 0.1) is 5.92 Å². The van der Waals surface area contributed by atoms with Gasteiger partial charge in [0.05, 0.1) is 18.7 Å². The van der Waals surface area contributed by atoms with Crippen molar-refractivity contribution in [2.45, 2.75) is 6.92 Å². The predicted molar refractivity (Wildman–Crippen MR) is 79.1 cm³/mol. The van der Waals surface area contributed by atoms with Crippen molar-refractivity contribution in [3.8, 4) is 5.75 Å². The second-order valence-corrected chi connectivity index (χ2v) is 5.25.